The first-order valence-electron chi connectivity index (χ1n) is 4.27. The molecule has 0 aliphatic rings. The zero-order chi connectivity index (χ0) is 16.7. The summed E-state index contributed by atoms with van der Waals surface area (Å²) in [6.45, 7) is 0. The molecule has 0 aliphatic carbocycles. The molecule has 0 atom stereocenters. The van der Waals surface area contributed by atoms with E-state index in [4.69, 9.17) is 0 Å². The van der Waals surface area contributed by atoms with Crippen LogP contribution in [0.3, 0.4) is 0 Å². The van der Waals surface area contributed by atoms with Gasteiger partial charge in [0.25, 0.3) is 0 Å². The van der Waals surface area contributed by atoms with Gasteiger partial charge in [-0.2, -0.15) is 26.3 Å². The number of carbonyl (C=O) groups excluding carboxylic acids is 4. The van der Waals surface area contributed by atoms with Crippen LogP contribution in [0.4, 0.5) is 26.3 Å². The third-order valence-corrected chi connectivity index (χ3v) is 1.24. The Labute approximate surface area is 128 Å². The quantitative estimate of drug-likeness (QED) is 0.338. The van der Waals surface area contributed by atoms with Crippen molar-refractivity contribution in [2.75, 3.05) is 0 Å². The van der Waals surface area contributed by atoms with Crippen molar-refractivity contribution in [3.63, 3.8) is 0 Å². The molecule has 0 heterocycles. The van der Waals surface area contributed by atoms with Crippen molar-refractivity contribution in [2.24, 2.45) is 0 Å². The summed E-state index contributed by atoms with van der Waals surface area (Å²) >= 11 is 0. The smallest absolute Gasteiger partial charge is 0.550 e. The number of rotatable bonds is 4. The fourth-order valence-electron chi connectivity index (χ4n) is 0.463. The Hall–Kier alpha value is -1.37. The molecule has 0 aliphatic heterocycles. The number of carbonyl (C=O) groups is 4. The third-order valence-electron chi connectivity index (χ3n) is 1.24. The summed E-state index contributed by atoms with van der Waals surface area (Å²) in [4.78, 5) is 38.3. The van der Waals surface area contributed by atoms with Gasteiger partial charge in [0.05, 0.1) is 12.8 Å². The Morgan fingerprint density at radius 1 is 0.667 bits per heavy atom. The molecule has 6 nitrogen and oxygen atoms in total. The molecule has 21 heavy (non-hydrogen) atoms. The molecule has 0 amide bonds. The van der Waals surface area contributed by atoms with Crippen molar-refractivity contribution >= 4 is 46.6 Å². The van der Waals surface area contributed by atoms with Gasteiger partial charge in [-0.15, -0.1) is 0 Å². The van der Waals surface area contributed by atoms with E-state index in [9.17, 15) is 55.7 Å². The Balaban J connectivity index is -0.000000295. The predicted octanol–water partition coefficient (Wildman–Crippen LogP) is -1.87. The van der Waals surface area contributed by atoms with E-state index in [1.165, 1.54) is 0 Å². The summed E-state index contributed by atoms with van der Waals surface area (Å²) in [5.41, 5.74) is 0. The number of halogens is 6. The molecule has 13 heteroatoms. The fraction of sp³-hybridized carbons (Fsp3) is 0.500. The second-order valence-electron chi connectivity index (χ2n) is 2.94. The molecule has 0 aromatic carbocycles. The number of ketones is 2. The van der Waals surface area contributed by atoms with E-state index in [1.807, 2.05) is 0 Å². The number of carboxylic acid groups (broad SMARTS) is 2. The van der Waals surface area contributed by atoms with E-state index < -0.39 is 48.7 Å². The normalized spacial score (nSPS) is 10.6. The molecule has 0 rings (SSSR count). The molecule has 0 saturated carbocycles. The van der Waals surface area contributed by atoms with Crippen molar-refractivity contribution in [1.29, 1.82) is 0 Å². The van der Waals surface area contributed by atoms with Gasteiger partial charge in [-0.25, -0.2) is 0 Å². The summed E-state index contributed by atoms with van der Waals surface area (Å²) in [7, 11) is 0. The van der Waals surface area contributed by atoms with Crippen LogP contribution in [0.15, 0.2) is 0 Å². The predicted molar refractivity (Wildman–Crippen MR) is 47.1 cm³/mol. The number of carboxylic acids is 2. The van der Waals surface area contributed by atoms with Crippen LogP contribution in [0.25, 0.3) is 0 Å². The van der Waals surface area contributed by atoms with E-state index in [2.05, 4.69) is 0 Å². The fourth-order valence-corrected chi connectivity index (χ4v) is 0.463. The van der Waals surface area contributed by atoms with Crippen LogP contribution in [-0.2, 0) is 19.2 Å². The van der Waals surface area contributed by atoms with E-state index in [-0.39, 0.29) is 23.1 Å². The summed E-state index contributed by atoms with van der Waals surface area (Å²) in [5, 5.41) is 18.8. The van der Waals surface area contributed by atoms with E-state index in [1.54, 1.807) is 0 Å². The molecule has 0 spiro atoms. The summed E-state index contributed by atoms with van der Waals surface area (Å²) in [6, 6.07) is 0. The van der Waals surface area contributed by atoms with Gasteiger partial charge in [0.1, 0.15) is 0 Å². The van der Waals surface area contributed by atoms with Crippen molar-refractivity contribution in [3.8, 4) is 0 Å². The van der Waals surface area contributed by atoms with Crippen LogP contribution in [-0.4, -0.2) is 58.9 Å². The van der Waals surface area contributed by atoms with Gasteiger partial charge in [-0.3, -0.25) is 9.59 Å². The Bertz CT molecular complexity index is 363. The van der Waals surface area contributed by atoms with E-state index >= 15 is 0 Å². The second kappa shape index (κ2) is 9.54. The number of hydrogen-bond acceptors (Lipinski definition) is 6. The molecular weight excluding hydrogens is 330 g/mol. The Morgan fingerprint density at radius 2 is 0.857 bits per heavy atom. The molecule has 0 bridgehead atoms. The Morgan fingerprint density at radius 3 is 0.905 bits per heavy atom. The molecule has 0 aromatic rings. The number of aliphatic carboxylic acids is 2. The number of alkyl halides is 6. The van der Waals surface area contributed by atoms with Crippen LogP contribution in [0.2, 0.25) is 0 Å². The second-order valence-corrected chi connectivity index (χ2v) is 2.94. The minimum Gasteiger partial charge on any atom is -0.550 e. The molecule has 0 saturated heterocycles. The molecule has 0 N–H and O–H groups in total. The molecule has 0 unspecified atom stereocenters. The summed E-state index contributed by atoms with van der Waals surface area (Å²) in [6.07, 6.45) is -13.4. The minimum atomic E-state index is -5.07. The van der Waals surface area contributed by atoms with Crippen molar-refractivity contribution < 1.29 is 55.7 Å². The standard InChI is InChI=1S/2C4H3F3O3.Mg/c2*5-4(6,7)2(8)1-3(9)10;/h2*1H2,(H,9,10);/q;;+2/p-2. The van der Waals surface area contributed by atoms with Gasteiger partial charge in [0.2, 0.25) is 11.6 Å². The first-order valence-corrected chi connectivity index (χ1v) is 4.27. The topological polar surface area (TPSA) is 114 Å². The van der Waals surface area contributed by atoms with Crippen molar-refractivity contribution in [1.82, 2.24) is 0 Å². The van der Waals surface area contributed by atoms with Crippen LogP contribution in [0.5, 0.6) is 0 Å². The van der Waals surface area contributed by atoms with Crippen LogP contribution in [0, 0.1) is 0 Å². The van der Waals surface area contributed by atoms with Crippen molar-refractivity contribution in [2.45, 2.75) is 25.2 Å². The zero-order valence-corrected chi connectivity index (χ0v) is 11.3. The minimum absolute atomic E-state index is 0. The van der Waals surface area contributed by atoms with Gasteiger partial charge in [-0.05, 0) is 0 Å². The van der Waals surface area contributed by atoms with Crippen LogP contribution < -0.4 is 10.2 Å². The van der Waals surface area contributed by atoms with E-state index in [0.29, 0.717) is 0 Å². The summed E-state index contributed by atoms with van der Waals surface area (Å²) < 4.78 is 67.0. The summed E-state index contributed by atoms with van der Waals surface area (Å²) in [5.74, 6) is -8.65. The van der Waals surface area contributed by atoms with Crippen molar-refractivity contribution in [3.05, 3.63) is 0 Å². The first kappa shape index (κ1) is 24.6. The van der Waals surface area contributed by atoms with Gasteiger partial charge in [0.15, 0.2) is 0 Å². The average molecular weight is 334 g/mol. The first-order chi connectivity index (χ1) is 8.67. The average Bonchev–Trinajstić information content (AvgIpc) is 2.13. The van der Waals surface area contributed by atoms with Gasteiger partial charge in [-0.1, -0.05) is 0 Å². The molecule has 0 fully saturated rings. The largest absolute Gasteiger partial charge is 2.00 e. The third kappa shape index (κ3) is 14.8. The maximum Gasteiger partial charge on any atom is 2.00 e. The maximum absolute atomic E-state index is 11.2. The number of hydrogen-bond donors (Lipinski definition) is 0. The van der Waals surface area contributed by atoms with Crippen LogP contribution >= 0.6 is 0 Å². The zero-order valence-electron chi connectivity index (χ0n) is 9.84. The SMILES string of the molecule is O=C([O-])CC(=O)C(F)(F)F.O=C([O-])CC(=O)C(F)(F)F.[Mg+2]. The molecule has 116 valence electrons. The molecular formula is C8H4F6MgO6. The molecule has 0 aromatic heterocycles. The van der Waals surface area contributed by atoms with E-state index in [0.717, 1.165) is 0 Å². The van der Waals surface area contributed by atoms with Gasteiger partial charge in [0, 0.05) is 11.9 Å². The van der Waals surface area contributed by atoms with Gasteiger partial charge >= 0.3 is 35.4 Å². The monoisotopic (exact) mass is 334 g/mol. The maximum atomic E-state index is 11.2. The van der Waals surface area contributed by atoms with Crippen LogP contribution in [0.1, 0.15) is 12.8 Å². The molecule has 0 radical (unpaired) electrons. The Kier molecular flexibility index (Phi) is 11.2. The number of Topliss-reactive ketones (excluding diaryl/α,β-unsaturated/α-hetero) is 2. The van der Waals surface area contributed by atoms with Gasteiger partial charge < -0.3 is 19.8 Å².